The zero-order valence-electron chi connectivity index (χ0n) is 14.5. The summed E-state index contributed by atoms with van der Waals surface area (Å²) in [7, 11) is 0. The molecule has 2 rings (SSSR count). The minimum Gasteiger partial charge on any atom is -0.487 e. The Morgan fingerprint density at radius 1 is 1.12 bits per heavy atom. The highest BCUT2D eigenvalue weighted by molar-refractivity contribution is 7.99. The average Bonchev–Trinajstić information content (AvgIpc) is 2.51. The van der Waals surface area contributed by atoms with E-state index in [-0.39, 0.29) is 6.10 Å². The van der Waals surface area contributed by atoms with Crippen molar-refractivity contribution in [3.05, 3.63) is 53.6 Å². The van der Waals surface area contributed by atoms with Gasteiger partial charge in [0.2, 0.25) is 0 Å². The number of carbonyl (C=O) groups is 1. The average molecular weight is 345 g/mol. The zero-order valence-corrected chi connectivity index (χ0v) is 15.3. The first-order valence-corrected chi connectivity index (χ1v) is 8.85. The van der Waals surface area contributed by atoms with Gasteiger partial charge in [-0.1, -0.05) is 29.8 Å². The van der Waals surface area contributed by atoms with E-state index in [2.05, 4.69) is 37.4 Å². The fourth-order valence-electron chi connectivity index (χ4n) is 2.16. The van der Waals surface area contributed by atoms with Crippen LogP contribution in [0, 0.1) is 13.8 Å². The summed E-state index contributed by atoms with van der Waals surface area (Å²) in [5.41, 5.74) is 2.43. The van der Waals surface area contributed by atoms with Gasteiger partial charge in [0.1, 0.15) is 0 Å². The van der Waals surface area contributed by atoms with Crippen molar-refractivity contribution < 1.29 is 14.3 Å². The van der Waals surface area contributed by atoms with Gasteiger partial charge in [-0.25, -0.2) is 4.79 Å². The van der Waals surface area contributed by atoms with E-state index >= 15 is 0 Å². The molecule has 0 heterocycles. The van der Waals surface area contributed by atoms with E-state index in [0.29, 0.717) is 17.4 Å². The third-order valence-electron chi connectivity index (χ3n) is 3.19. The largest absolute Gasteiger partial charge is 0.487 e. The molecule has 0 fully saturated rings. The Bertz CT molecular complexity index is 701. The smallest absolute Gasteiger partial charge is 0.413 e. The molecular formula is C19H23NO3S. The van der Waals surface area contributed by atoms with Crippen molar-refractivity contribution in [2.75, 3.05) is 5.88 Å². The molecule has 1 amide bonds. The molecule has 0 aliphatic carbocycles. The van der Waals surface area contributed by atoms with Crippen molar-refractivity contribution >= 4 is 17.9 Å². The molecule has 4 nitrogen and oxygen atoms in total. The zero-order chi connectivity index (χ0) is 17.5. The molecule has 1 N–H and O–H groups in total. The van der Waals surface area contributed by atoms with Gasteiger partial charge in [0.25, 0.3) is 0 Å². The van der Waals surface area contributed by atoms with Crippen LogP contribution in [0.15, 0.2) is 47.4 Å². The molecule has 0 radical (unpaired) electrons. The number of hydrogen-bond donors (Lipinski definition) is 1. The number of hydrogen-bond acceptors (Lipinski definition) is 4. The maximum atomic E-state index is 12.0. The van der Waals surface area contributed by atoms with E-state index < -0.39 is 6.09 Å². The third kappa shape index (κ3) is 5.49. The first-order valence-electron chi connectivity index (χ1n) is 7.87. The molecular weight excluding hydrogens is 322 g/mol. The topological polar surface area (TPSA) is 47.6 Å². The molecule has 0 saturated carbocycles. The van der Waals surface area contributed by atoms with Crippen LogP contribution in [-0.4, -0.2) is 18.1 Å². The molecule has 0 aliphatic rings. The Balaban J connectivity index is 1.87. The van der Waals surface area contributed by atoms with Gasteiger partial charge in [0.05, 0.1) is 12.0 Å². The Morgan fingerprint density at radius 2 is 1.83 bits per heavy atom. The Hall–Kier alpha value is -2.14. The van der Waals surface area contributed by atoms with Crippen molar-refractivity contribution in [2.45, 2.75) is 38.7 Å². The summed E-state index contributed by atoms with van der Waals surface area (Å²) in [6.45, 7) is 7.98. The number of amides is 1. The highest BCUT2D eigenvalue weighted by atomic mass is 32.2. The van der Waals surface area contributed by atoms with E-state index in [1.807, 2.05) is 19.9 Å². The minimum absolute atomic E-state index is 0.0119. The quantitative estimate of drug-likeness (QED) is 0.596. The van der Waals surface area contributed by atoms with Crippen LogP contribution in [0.5, 0.6) is 11.5 Å². The van der Waals surface area contributed by atoms with Gasteiger partial charge in [-0.2, -0.15) is 0 Å². The summed E-state index contributed by atoms with van der Waals surface area (Å²) in [6, 6.07) is 13.4. The van der Waals surface area contributed by atoms with Crippen molar-refractivity contribution in [2.24, 2.45) is 0 Å². The van der Waals surface area contributed by atoms with E-state index in [0.717, 1.165) is 4.90 Å². The summed E-state index contributed by atoms with van der Waals surface area (Å²) < 4.78 is 11.0. The Kier molecular flexibility index (Phi) is 6.55. The normalized spacial score (nSPS) is 10.5. The Morgan fingerprint density at radius 3 is 2.50 bits per heavy atom. The fraction of sp³-hybridized carbons (Fsp3) is 0.316. The van der Waals surface area contributed by atoms with E-state index in [1.54, 1.807) is 30.0 Å². The van der Waals surface area contributed by atoms with Crippen LogP contribution >= 0.6 is 11.8 Å². The number of ether oxygens (including phenoxy) is 2. The standard InChI is InChI=1S/C19H23NO3S/c1-13(2)22-16-7-5-6-8-17(16)23-19(21)20-12-24-18-10-9-14(3)11-15(18)4/h5-11,13H,12H2,1-4H3,(H,20,21). The maximum absolute atomic E-state index is 12.0. The van der Waals surface area contributed by atoms with Crippen LogP contribution in [0.2, 0.25) is 0 Å². The van der Waals surface area contributed by atoms with Crippen LogP contribution in [0.3, 0.4) is 0 Å². The van der Waals surface area contributed by atoms with Crippen molar-refractivity contribution in [3.63, 3.8) is 0 Å². The second-order valence-electron chi connectivity index (χ2n) is 5.74. The van der Waals surface area contributed by atoms with E-state index in [9.17, 15) is 4.79 Å². The number of para-hydroxylation sites is 2. The summed E-state index contributed by atoms with van der Waals surface area (Å²) in [5.74, 6) is 1.42. The molecule has 2 aromatic rings. The van der Waals surface area contributed by atoms with Gasteiger partial charge in [0, 0.05) is 4.90 Å². The summed E-state index contributed by atoms with van der Waals surface area (Å²) in [4.78, 5) is 13.1. The van der Waals surface area contributed by atoms with Crippen LogP contribution in [0.25, 0.3) is 0 Å². The molecule has 0 atom stereocenters. The van der Waals surface area contributed by atoms with Crippen molar-refractivity contribution in [1.82, 2.24) is 5.32 Å². The highest BCUT2D eigenvalue weighted by Crippen LogP contribution is 2.27. The monoisotopic (exact) mass is 345 g/mol. The van der Waals surface area contributed by atoms with Gasteiger partial charge in [-0.05, 0) is 51.5 Å². The number of aryl methyl sites for hydroxylation is 2. The number of carbonyl (C=O) groups excluding carboxylic acids is 1. The minimum atomic E-state index is -0.493. The summed E-state index contributed by atoms with van der Waals surface area (Å²) in [6.07, 6.45) is -0.482. The van der Waals surface area contributed by atoms with Crippen molar-refractivity contribution in [1.29, 1.82) is 0 Å². The lowest BCUT2D eigenvalue weighted by atomic mass is 10.2. The third-order valence-corrected chi connectivity index (χ3v) is 4.25. The lowest BCUT2D eigenvalue weighted by Gasteiger charge is -2.14. The summed E-state index contributed by atoms with van der Waals surface area (Å²) >= 11 is 1.57. The lowest BCUT2D eigenvalue weighted by Crippen LogP contribution is -2.26. The van der Waals surface area contributed by atoms with Crippen LogP contribution < -0.4 is 14.8 Å². The van der Waals surface area contributed by atoms with Gasteiger partial charge < -0.3 is 14.8 Å². The molecule has 128 valence electrons. The number of benzene rings is 2. The van der Waals surface area contributed by atoms with Crippen molar-refractivity contribution in [3.8, 4) is 11.5 Å². The molecule has 0 spiro atoms. The van der Waals surface area contributed by atoms with Crippen LogP contribution in [0.1, 0.15) is 25.0 Å². The van der Waals surface area contributed by atoms with E-state index in [4.69, 9.17) is 9.47 Å². The van der Waals surface area contributed by atoms with Gasteiger partial charge in [0.15, 0.2) is 11.5 Å². The highest BCUT2D eigenvalue weighted by Gasteiger charge is 2.11. The first kappa shape index (κ1) is 18.2. The van der Waals surface area contributed by atoms with Gasteiger partial charge >= 0.3 is 6.09 Å². The summed E-state index contributed by atoms with van der Waals surface area (Å²) in [5, 5.41) is 2.75. The van der Waals surface area contributed by atoms with Gasteiger partial charge in [-0.15, -0.1) is 11.8 Å². The first-order chi connectivity index (χ1) is 11.5. The second kappa shape index (κ2) is 8.64. The maximum Gasteiger partial charge on any atom is 0.413 e. The molecule has 0 saturated heterocycles. The molecule has 5 heteroatoms. The predicted octanol–water partition coefficient (Wildman–Crippen LogP) is 4.93. The fourth-order valence-corrected chi connectivity index (χ4v) is 2.95. The predicted molar refractivity (Wildman–Crippen MR) is 98.0 cm³/mol. The SMILES string of the molecule is Cc1ccc(SCNC(=O)Oc2ccccc2OC(C)C)c(C)c1. The molecule has 24 heavy (non-hydrogen) atoms. The molecule has 0 bridgehead atoms. The second-order valence-corrected chi connectivity index (χ2v) is 6.75. The van der Waals surface area contributed by atoms with Gasteiger partial charge in [-0.3, -0.25) is 0 Å². The molecule has 0 aliphatic heterocycles. The molecule has 2 aromatic carbocycles. The van der Waals surface area contributed by atoms with Crippen LogP contribution in [0.4, 0.5) is 4.79 Å². The molecule has 0 unspecified atom stereocenters. The lowest BCUT2D eigenvalue weighted by molar-refractivity contribution is 0.193. The Labute approximate surface area is 147 Å². The number of rotatable bonds is 6. The molecule has 0 aromatic heterocycles. The van der Waals surface area contributed by atoms with E-state index in [1.165, 1.54) is 11.1 Å². The van der Waals surface area contributed by atoms with Crippen LogP contribution in [-0.2, 0) is 0 Å². The number of nitrogens with one attached hydrogen (secondary N) is 1. The number of thioether (sulfide) groups is 1.